The molecular weight excluding hydrogens is 174 g/mol. The van der Waals surface area contributed by atoms with Gasteiger partial charge >= 0.3 is 0 Å². The van der Waals surface area contributed by atoms with Crippen molar-refractivity contribution in [1.29, 1.82) is 0 Å². The number of nitrogens with one attached hydrogen (secondary N) is 1. The van der Waals surface area contributed by atoms with Gasteiger partial charge in [0.25, 0.3) is 0 Å². The van der Waals surface area contributed by atoms with Gasteiger partial charge < -0.3 is 9.73 Å². The van der Waals surface area contributed by atoms with Crippen molar-refractivity contribution < 1.29 is 9.21 Å². The minimum Gasteiger partial charge on any atom is -0.467 e. The zero-order valence-electron chi connectivity index (χ0n) is 6.62. The molecule has 0 spiro atoms. The molecule has 1 rings (SSSR count). The van der Waals surface area contributed by atoms with E-state index in [-0.39, 0.29) is 5.91 Å². The number of hydrogen-bond donors (Lipinski definition) is 2. The van der Waals surface area contributed by atoms with E-state index in [9.17, 15) is 4.79 Å². The Labute approximate surface area is 76.6 Å². The highest BCUT2D eigenvalue weighted by Crippen LogP contribution is 1.98. The molecule has 0 saturated heterocycles. The van der Waals surface area contributed by atoms with Gasteiger partial charge in [0, 0.05) is 6.42 Å². The maximum absolute atomic E-state index is 10.9. The van der Waals surface area contributed by atoms with Crippen molar-refractivity contribution >= 4 is 18.5 Å². The molecular formula is C8H11NO2S. The van der Waals surface area contributed by atoms with Crippen LogP contribution in [0.1, 0.15) is 12.2 Å². The number of furan rings is 1. The van der Waals surface area contributed by atoms with E-state index >= 15 is 0 Å². The van der Waals surface area contributed by atoms with Crippen molar-refractivity contribution in [3.8, 4) is 0 Å². The lowest BCUT2D eigenvalue weighted by atomic mass is 10.4. The number of amides is 1. The Morgan fingerprint density at radius 1 is 1.67 bits per heavy atom. The maximum atomic E-state index is 10.9. The van der Waals surface area contributed by atoms with Crippen LogP contribution in [0.5, 0.6) is 0 Å². The first-order valence-corrected chi connectivity index (χ1v) is 4.36. The van der Waals surface area contributed by atoms with Gasteiger partial charge in [-0.05, 0) is 17.9 Å². The van der Waals surface area contributed by atoms with Crippen LogP contribution in [-0.4, -0.2) is 11.7 Å². The third-order valence-electron chi connectivity index (χ3n) is 1.38. The molecule has 1 aromatic heterocycles. The molecule has 4 heteroatoms. The lowest BCUT2D eigenvalue weighted by molar-refractivity contribution is -0.120. The first-order chi connectivity index (χ1) is 5.83. The van der Waals surface area contributed by atoms with Crippen LogP contribution in [0.25, 0.3) is 0 Å². The summed E-state index contributed by atoms with van der Waals surface area (Å²) < 4.78 is 5.03. The van der Waals surface area contributed by atoms with E-state index in [4.69, 9.17) is 4.42 Å². The molecule has 0 aliphatic rings. The Kier molecular flexibility index (Phi) is 3.73. The Morgan fingerprint density at radius 2 is 2.50 bits per heavy atom. The van der Waals surface area contributed by atoms with E-state index in [1.54, 1.807) is 12.3 Å². The zero-order chi connectivity index (χ0) is 8.81. The average molecular weight is 185 g/mol. The van der Waals surface area contributed by atoms with Crippen LogP contribution in [-0.2, 0) is 11.3 Å². The summed E-state index contributed by atoms with van der Waals surface area (Å²) >= 11 is 3.94. The Balaban J connectivity index is 2.22. The van der Waals surface area contributed by atoms with Crippen molar-refractivity contribution in [2.24, 2.45) is 0 Å². The molecule has 1 amide bonds. The average Bonchev–Trinajstić information content (AvgIpc) is 2.53. The summed E-state index contributed by atoms with van der Waals surface area (Å²) in [6.45, 7) is 0.458. The van der Waals surface area contributed by atoms with Gasteiger partial charge in [0.15, 0.2) is 0 Å². The molecule has 0 atom stereocenters. The minimum absolute atomic E-state index is 0.00130. The van der Waals surface area contributed by atoms with Crippen LogP contribution in [0, 0.1) is 0 Å². The lowest BCUT2D eigenvalue weighted by Gasteiger charge is -2.00. The summed E-state index contributed by atoms with van der Waals surface area (Å²) in [5.74, 6) is 1.34. The van der Waals surface area contributed by atoms with E-state index in [1.807, 2.05) is 6.07 Å². The Morgan fingerprint density at radius 3 is 3.08 bits per heavy atom. The predicted octanol–water partition coefficient (Wildman–Crippen LogP) is 1.22. The zero-order valence-corrected chi connectivity index (χ0v) is 7.51. The van der Waals surface area contributed by atoms with E-state index in [2.05, 4.69) is 17.9 Å². The normalized spacial score (nSPS) is 9.75. The third-order valence-corrected chi connectivity index (χ3v) is 1.60. The molecule has 1 heterocycles. The summed E-state index contributed by atoms with van der Waals surface area (Å²) in [6, 6.07) is 3.61. The molecule has 66 valence electrons. The molecule has 0 aromatic carbocycles. The van der Waals surface area contributed by atoms with E-state index < -0.39 is 0 Å². The summed E-state index contributed by atoms with van der Waals surface area (Å²) in [6.07, 6.45) is 2.03. The van der Waals surface area contributed by atoms with Crippen LogP contribution in [0.2, 0.25) is 0 Å². The highest BCUT2D eigenvalue weighted by Gasteiger charge is 1.99. The second kappa shape index (κ2) is 4.87. The fraction of sp³-hybridized carbons (Fsp3) is 0.375. The van der Waals surface area contributed by atoms with Crippen LogP contribution in [0.4, 0.5) is 0 Å². The summed E-state index contributed by atoms with van der Waals surface area (Å²) in [5, 5.41) is 2.70. The monoisotopic (exact) mass is 185 g/mol. The Hall–Kier alpha value is -0.900. The smallest absolute Gasteiger partial charge is 0.221 e. The minimum atomic E-state index is 0.00130. The molecule has 0 radical (unpaired) electrons. The quantitative estimate of drug-likeness (QED) is 0.692. The lowest BCUT2D eigenvalue weighted by Crippen LogP contribution is -2.22. The van der Waals surface area contributed by atoms with Crippen LogP contribution in [0.15, 0.2) is 22.8 Å². The summed E-state index contributed by atoms with van der Waals surface area (Å²) in [7, 11) is 0. The molecule has 3 nitrogen and oxygen atoms in total. The largest absolute Gasteiger partial charge is 0.467 e. The first-order valence-electron chi connectivity index (χ1n) is 3.73. The highest BCUT2D eigenvalue weighted by atomic mass is 32.1. The SMILES string of the molecule is O=C(CCS)NCc1ccco1. The third kappa shape index (κ3) is 3.00. The molecule has 0 aliphatic carbocycles. The number of rotatable bonds is 4. The summed E-state index contributed by atoms with van der Waals surface area (Å²) in [5.41, 5.74) is 0. The summed E-state index contributed by atoms with van der Waals surface area (Å²) in [4.78, 5) is 10.9. The predicted molar refractivity (Wildman–Crippen MR) is 49.0 cm³/mol. The van der Waals surface area contributed by atoms with Crippen molar-refractivity contribution in [1.82, 2.24) is 5.32 Å². The van der Waals surface area contributed by atoms with Crippen LogP contribution >= 0.6 is 12.6 Å². The fourth-order valence-corrected chi connectivity index (χ4v) is 0.992. The second-order valence-electron chi connectivity index (χ2n) is 2.33. The first kappa shape index (κ1) is 9.19. The van der Waals surface area contributed by atoms with Gasteiger partial charge in [0.1, 0.15) is 5.76 Å². The van der Waals surface area contributed by atoms with Crippen molar-refractivity contribution in [3.05, 3.63) is 24.2 Å². The Bertz CT molecular complexity index is 233. The number of carbonyl (C=O) groups excluding carboxylic acids is 1. The van der Waals surface area contributed by atoms with E-state index in [1.165, 1.54) is 0 Å². The van der Waals surface area contributed by atoms with Gasteiger partial charge in [-0.3, -0.25) is 4.79 Å². The van der Waals surface area contributed by atoms with Gasteiger partial charge in [-0.1, -0.05) is 0 Å². The van der Waals surface area contributed by atoms with E-state index in [0.29, 0.717) is 18.7 Å². The topological polar surface area (TPSA) is 42.2 Å². The molecule has 0 saturated carbocycles. The molecule has 0 unspecified atom stereocenters. The standard InChI is InChI=1S/C8H11NO2S/c10-8(3-5-12)9-6-7-2-1-4-11-7/h1-2,4,12H,3,5-6H2,(H,9,10). The van der Waals surface area contributed by atoms with Gasteiger partial charge in [-0.15, -0.1) is 0 Å². The molecule has 1 N–H and O–H groups in total. The van der Waals surface area contributed by atoms with Gasteiger partial charge in [0.2, 0.25) is 5.91 Å². The van der Waals surface area contributed by atoms with Crippen molar-refractivity contribution in [2.45, 2.75) is 13.0 Å². The van der Waals surface area contributed by atoms with Gasteiger partial charge in [-0.25, -0.2) is 0 Å². The van der Waals surface area contributed by atoms with Gasteiger partial charge in [-0.2, -0.15) is 12.6 Å². The molecule has 1 aromatic rings. The molecule has 0 bridgehead atoms. The molecule has 0 fully saturated rings. The molecule has 0 aliphatic heterocycles. The van der Waals surface area contributed by atoms with Crippen LogP contribution in [0.3, 0.4) is 0 Å². The van der Waals surface area contributed by atoms with Crippen molar-refractivity contribution in [3.63, 3.8) is 0 Å². The van der Waals surface area contributed by atoms with E-state index in [0.717, 1.165) is 5.76 Å². The maximum Gasteiger partial charge on any atom is 0.221 e. The van der Waals surface area contributed by atoms with Gasteiger partial charge in [0.05, 0.1) is 12.8 Å². The van der Waals surface area contributed by atoms with Crippen molar-refractivity contribution in [2.75, 3.05) is 5.75 Å². The number of carbonyl (C=O) groups is 1. The highest BCUT2D eigenvalue weighted by molar-refractivity contribution is 7.80. The fourth-order valence-electron chi connectivity index (χ4n) is 0.789. The van der Waals surface area contributed by atoms with Crippen LogP contribution < -0.4 is 5.32 Å². The number of thiol groups is 1. The second-order valence-corrected chi connectivity index (χ2v) is 2.78. The number of hydrogen-bond acceptors (Lipinski definition) is 3. The molecule has 12 heavy (non-hydrogen) atoms.